The molecule has 9 heteroatoms. The maximum Gasteiger partial charge on any atom is 0.251 e. The van der Waals surface area contributed by atoms with Gasteiger partial charge in [0.05, 0.1) is 27.4 Å². The van der Waals surface area contributed by atoms with Crippen LogP contribution in [-0.2, 0) is 11.2 Å². The molecule has 3 aromatic rings. The lowest BCUT2D eigenvalue weighted by Gasteiger charge is -2.25. The van der Waals surface area contributed by atoms with Gasteiger partial charge in [-0.05, 0) is 49.7 Å². The van der Waals surface area contributed by atoms with Crippen molar-refractivity contribution in [3.63, 3.8) is 0 Å². The van der Waals surface area contributed by atoms with Crippen LogP contribution in [0.3, 0.4) is 0 Å². The summed E-state index contributed by atoms with van der Waals surface area (Å²) < 4.78 is 11.6. The zero-order valence-corrected chi connectivity index (χ0v) is 20.5. The van der Waals surface area contributed by atoms with Gasteiger partial charge in [-0.1, -0.05) is 34.8 Å². The van der Waals surface area contributed by atoms with Crippen LogP contribution in [0.5, 0.6) is 17.2 Å². The molecule has 1 aromatic heterocycles. The van der Waals surface area contributed by atoms with Crippen LogP contribution in [0.4, 0.5) is 0 Å². The van der Waals surface area contributed by atoms with E-state index >= 15 is 0 Å². The molecule has 2 heterocycles. The van der Waals surface area contributed by atoms with Crippen molar-refractivity contribution in [1.29, 1.82) is 0 Å². The van der Waals surface area contributed by atoms with E-state index in [2.05, 4.69) is 10.3 Å². The zero-order valence-electron chi connectivity index (χ0n) is 18.2. The van der Waals surface area contributed by atoms with Crippen molar-refractivity contribution in [3.05, 3.63) is 80.6 Å². The molecule has 34 heavy (non-hydrogen) atoms. The number of carbonyl (C=O) groups is 2. The number of carbonyl (C=O) groups excluding carboxylic acids is 2. The number of ketones is 1. The smallest absolute Gasteiger partial charge is 0.251 e. The third-order valence-electron chi connectivity index (χ3n) is 5.47. The lowest BCUT2D eigenvalue weighted by molar-refractivity contribution is -0.119. The molecule has 0 saturated carbocycles. The van der Waals surface area contributed by atoms with Gasteiger partial charge in [-0.15, -0.1) is 0 Å². The zero-order chi connectivity index (χ0) is 24.2. The lowest BCUT2D eigenvalue weighted by atomic mass is 9.90. The first-order chi connectivity index (χ1) is 16.3. The molecule has 0 saturated heterocycles. The van der Waals surface area contributed by atoms with E-state index in [9.17, 15) is 9.59 Å². The van der Waals surface area contributed by atoms with Crippen LogP contribution >= 0.6 is 34.8 Å². The fourth-order valence-electron chi connectivity index (χ4n) is 3.71. The molecule has 0 spiro atoms. The van der Waals surface area contributed by atoms with E-state index in [4.69, 9.17) is 44.3 Å². The van der Waals surface area contributed by atoms with Gasteiger partial charge in [0.25, 0.3) is 5.91 Å². The Kier molecular flexibility index (Phi) is 7.61. The highest BCUT2D eigenvalue weighted by Gasteiger charge is 2.27. The summed E-state index contributed by atoms with van der Waals surface area (Å²) in [7, 11) is 0. The van der Waals surface area contributed by atoms with E-state index in [1.165, 1.54) is 6.20 Å². The van der Waals surface area contributed by atoms with Crippen LogP contribution in [-0.4, -0.2) is 29.8 Å². The minimum Gasteiger partial charge on any atom is -0.493 e. The second kappa shape index (κ2) is 10.6. The number of nitrogens with one attached hydrogen (secondary N) is 1. The minimum absolute atomic E-state index is 0.0793. The van der Waals surface area contributed by atoms with Crippen molar-refractivity contribution in [1.82, 2.24) is 10.3 Å². The van der Waals surface area contributed by atoms with Crippen LogP contribution in [0, 0.1) is 0 Å². The van der Waals surface area contributed by atoms with E-state index in [0.29, 0.717) is 69.6 Å². The second-order valence-electron chi connectivity index (χ2n) is 7.84. The van der Waals surface area contributed by atoms with Crippen molar-refractivity contribution in [2.45, 2.75) is 25.7 Å². The van der Waals surface area contributed by atoms with Gasteiger partial charge in [-0.2, -0.15) is 0 Å². The Morgan fingerprint density at radius 3 is 2.59 bits per heavy atom. The Labute approximate surface area is 212 Å². The molecule has 0 fully saturated rings. The van der Waals surface area contributed by atoms with E-state index in [1.54, 1.807) is 49.4 Å². The summed E-state index contributed by atoms with van der Waals surface area (Å²) in [6.45, 7) is 2.40. The number of pyridine rings is 1. The van der Waals surface area contributed by atoms with Crippen molar-refractivity contribution in [3.8, 4) is 17.2 Å². The number of halogens is 3. The number of hydrogen-bond acceptors (Lipinski definition) is 5. The molecular weight excluding hydrogens is 499 g/mol. The van der Waals surface area contributed by atoms with E-state index in [0.717, 1.165) is 5.56 Å². The van der Waals surface area contributed by atoms with Crippen LogP contribution in [0.25, 0.3) is 0 Å². The number of Topliss-reactive ketones (excluding diaryl/α,β-unsaturated/α-hetero) is 1. The highest BCUT2D eigenvalue weighted by molar-refractivity contribution is 6.34. The molecule has 2 aromatic carbocycles. The molecule has 1 aliphatic rings. The Bertz CT molecular complexity index is 1230. The Balaban J connectivity index is 1.38. The molecule has 176 valence electrons. The van der Waals surface area contributed by atoms with Gasteiger partial charge in [0.2, 0.25) is 0 Å². The quantitative estimate of drug-likeness (QED) is 0.398. The van der Waals surface area contributed by atoms with Gasteiger partial charge < -0.3 is 14.8 Å². The van der Waals surface area contributed by atoms with Gasteiger partial charge in [-0.25, -0.2) is 0 Å². The predicted molar refractivity (Wildman–Crippen MR) is 132 cm³/mol. The Morgan fingerprint density at radius 2 is 1.88 bits per heavy atom. The maximum absolute atomic E-state index is 12.5. The summed E-state index contributed by atoms with van der Waals surface area (Å²) in [5.74, 6) is 1.14. The third-order valence-corrected chi connectivity index (χ3v) is 6.30. The van der Waals surface area contributed by atoms with Gasteiger partial charge in [-0.3, -0.25) is 14.6 Å². The molecule has 1 N–H and O–H groups in total. The number of ether oxygens (including phenoxy) is 2. The second-order valence-corrected chi connectivity index (χ2v) is 9.09. The van der Waals surface area contributed by atoms with Crippen molar-refractivity contribution < 1.29 is 19.1 Å². The van der Waals surface area contributed by atoms with Crippen molar-refractivity contribution in [2.24, 2.45) is 0 Å². The summed E-state index contributed by atoms with van der Waals surface area (Å²) in [5, 5.41) is 4.15. The van der Waals surface area contributed by atoms with E-state index in [-0.39, 0.29) is 17.6 Å². The number of rotatable bonds is 7. The first kappa shape index (κ1) is 24.3. The largest absolute Gasteiger partial charge is 0.493 e. The fourth-order valence-corrected chi connectivity index (χ4v) is 4.40. The van der Waals surface area contributed by atoms with E-state index in [1.807, 2.05) is 0 Å². The van der Waals surface area contributed by atoms with Gasteiger partial charge >= 0.3 is 0 Å². The molecule has 1 unspecified atom stereocenters. The molecule has 0 bridgehead atoms. The summed E-state index contributed by atoms with van der Waals surface area (Å²) in [6.07, 6.45) is 2.63. The minimum atomic E-state index is -0.230. The first-order valence-corrected chi connectivity index (χ1v) is 11.8. The van der Waals surface area contributed by atoms with Crippen LogP contribution in [0.15, 0.2) is 48.7 Å². The lowest BCUT2D eigenvalue weighted by Crippen LogP contribution is -2.25. The summed E-state index contributed by atoms with van der Waals surface area (Å²) in [6, 6.07) is 11.7. The van der Waals surface area contributed by atoms with Crippen LogP contribution < -0.4 is 14.8 Å². The first-order valence-electron chi connectivity index (χ1n) is 10.6. The number of hydrogen-bond donors (Lipinski definition) is 1. The molecule has 1 amide bonds. The topological polar surface area (TPSA) is 77.5 Å². The molecule has 1 atom stereocenters. The number of benzene rings is 2. The SMILES string of the molecule is CC(=O)C1CCOc2cc(Oc3ccc(C(=O)NCCc4ncc(Cl)cc4Cl)cc3)c(Cl)cc21. The normalized spacial score (nSPS) is 14.6. The Hall–Kier alpha value is -2.80. The number of aromatic nitrogens is 1. The molecule has 1 aliphatic heterocycles. The number of fused-ring (bicyclic) bond motifs is 1. The standard InChI is InChI=1S/C25H21Cl3N2O4/c1-14(31)18-7-9-33-23-12-24(21(28)11-19(18)23)34-17-4-2-15(3-5-17)25(32)29-8-6-22-20(27)10-16(26)13-30-22/h2-5,10-13,18H,6-9H2,1H3,(H,29,32). The Morgan fingerprint density at radius 1 is 1.12 bits per heavy atom. The van der Waals surface area contributed by atoms with E-state index < -0.39 is 0 Å². The summed E-state index contributed by atoms with van der Waals surface area (Å²) >= 11 is 18.4. The van der Waals surface area contributed by atoms with Gasteiger partial charge in [0.15, 0.2) is 0 Å². The van der Waals surface area contributed by atoms with Gasteiger partial charge in [0, 0.05) is 42.3 Å². The van der Waals surface area contributed by atoms with Crippen molar-refractivity contribution >= 4 is 46.5 Å². The van der Waals surface area contributed by atoms with Crippen LogP contribution in [0.1, 0.15) is 40.9 Å². The van der Waals surface area contributed by atoms with Crippen LogP contribution in [0.2, 0.25) is 15.1 Å². The average Bonchev–Trinajstić information content (AvgIpc) is 2.81. The highest BCUT2D eigenvalue weighted by Crippen LogP contribution is 2.42. The molecule has 0 radical (unpaired) electrons. The predicted octanol–water partition coefficient (Wildman–Crippen LogP) is 6.26. The molecule has 0 aliphatic carbocycles. The fraction of sp³-hybridized carbons (Fsp3) is 0.240. The maximum atomic E-state index is 12.5. The molecular formula is C25H21Cl3N2O4. The number of nitrogens with zero attached hydrogens (tertiary/aromatic N) is 1. The summed E-state index contributed by atoms with van der Waals surface area (Å²) in [5.41, 5.74) is 1.92. The monoisotopic (exact) mass is 518 g/mol. The highest BCUT2D eigenvalue weighted by atomic mass is 35.5. The molecule has 6 nitrogen and oxygen atoms in total. The summed E-state index contributed by atoms with van der Waals surface area (Å²) in [4.78, 5) is 28.6. The van der Waals surface area contributed by atoms with Gasteiger partial charge in [0.1, 0.15) is 23.0 Å². The van der Waals surface area contributed by atoms with Crippen molar-refractivity contribution in [2.75, 3.05) is 13.2 Å². The average molecular weight is 520 g/mol. The number of amides is 1. The molecule has 4 rings (SSSR count). The third kappa shape index (κ3) is 5.63.